The highest BCUT2D eigenvalue weighted by molar-refractivity contribution is 5.96. The van der Waals surface area contributed by atoms with Gasteiger partial charge in [-0.1, -0.05) is 55.3 Å². The molecule has 1 atom stereocenters. The summed E-state index contributed by atoms with van der Waals surface area (Å²) in [4.78, 5) is 0. The lowest BCUT2D eigenvalue weighted by molar-refractivity contribution is 0.369. The van der Waals surface area contributed by atoms with Crippen molar-refractivity contribution in [3.8, 4) is 11.3 Å². The van der Waals surface area contributed by atoms with E-state index in [9.17, 15) is 0 Å². The summed E-state index contributed by atoms with van der Waals surface area (Å²) in [5, 5.41) is 6.29. The van der Waals surface area contributed by atoms with Crippen LogP contribution in [0.15, 0.2) is 48.5 Å². The SMILES string of the molecule is CC(C)(C)n1nc(-c2ccccc2)c2c(C(N)C3CCCC3)cccc21. The normalized spacial score (nSPS) is 17.1. The van der Waals surface area contributed by atoms with Crippen LogP contribution in [0.1, 0.15) is 58.1 Å². The fourth-order valence-electron chi connectivity index (χ4n) is 4.35. The molecular weight excluding hydrogens is 318 g/mol. The third-order valence-corrected chi connectivity index (χ3v) is 5.69. The van der Waals surface area contributed by atoms with E-state index < -0.39 is 0 Å². The molecule has 1 aliphatic carbocycles. The van der Waals surface area contributed by atoms with Crippen molar-refractivity contribution < 1.29 is 0 Å². The standard InChI is InChI=1S/C23H29N3/c1-23(2,3)26-19-15-9-14-18(21(24)16-10-7-8-11-16)20(19)22(25-26)17-12-5-4-6-13-17/h4-6,9,12-16,21H,7-8,10-11,24H2,1-3H3. The highest BCUT2D eigenvalue weighted by Gasteiger charge is 2.28. The number of fused-ring (bicyclic) bond motifs is 1. The van der Waals surface area contributed by atoms with Gasteiger partial charge in [0.25, 0.3) is 0 Å². The summed E-state index contributed by atoms with van der Waals surface area (Å²) < 4.78 is 2.16. The van der Waals surface area contributed by atoms with Gasteiger partial charge < -0.3 is 5.73 Å². The lowest BCUT2D eigenvalue weighted by Crippen LogP contribution is -2.23. The molecule has 1 heterocycles. The number of nitrogens with two attached hydrogens (primary N) is 1. The maximum Gasteiger partial charge on any atom is 0.101 e. The molecule has 0 spiro atoms. The zero-order valence-electron chi connectivity index (χ0n) is 16.1. The van der Waals surface area contributed by atoms with Gasteiger partial charge in [-0.05, 0) is 51.2 Å². The van der Waals surface area contributed by atoms with Gasteiger partial charge >= 0.3 is 0 Å². The summed E-state index contributed by atoms with van der Waals surface area (Å²) in [7, 11) is 0. The molecular formula is C23H29N3. The van der Waals surface area contributed by atoms with Crippen molar-refractivity contribution in [1.29, 1.82) is 0 Å². The van der Waals surface area contributed by atoms with E-state index in [0.717, 1.165) is 11.3 Å². The lowest BCUT2D eigenvalue weighted by atomic mass is 9.89. The Balaban J connectivity index is 1.97. The van der Waals surface area contributed by atoms with Crippen molar-refractivity contribution in [2.75, 3.05) is 0 Å². The van der Waals surface area contributed by atoms with E-state index in [1.54, 1.807) is 0 Å². The summed E-state index contributed by atoms with van der Waals surface area (Å²) >= 11 is 0. The van der Waals surface area contributed by atoms with Crippen LogP contribution in [0.2, 0.25) is 0 Å². The average molecular weight is 348 g/mol. The van der Waals surface area contributed by atoms with E-state index in [-0.39, 0.29) is 11.6 Å². The Labute approximate surface area is 156 Å². The van der Waals surface area contributed by atoms with Gasteiger partial charge in [-0.25, -0.2) is 0 Å². The fourth-order valence-corrected chi connectivity index (χ4v) is 4.35. The molecule has 3 aromatic rings. The highest BCUT2D eigenvalue weighted by atomic mass is 15.3. The van der Waals surface area contributed by atoms with E-state index in [0.29, 0.717) is 5.92 Å². The Kier molecular flexibility index (Phi) is 4.36. The number of rotatable bonds is 3. The molecule has 1 aromatic heterocycles. The minimum Gasteiger partial charge on any atom is -0.324 e. The second kappa shape index (κ2) is 6.55. The molecule has 26 heavy (non-hydrogen) atoms. The van der Waals surface area contributed by atoms with Crippen LogP contribution in [0.5, 0.6) is 0 Å². The number of hydrogen-bond acceptors (Lipinski definition) is 2. The first-order chi connectivity index (χ1) is 12.5. The third kappa shape index (κ3) is 2.95. The Bertz CT molecular complexity index is 896. The average Bonchev–Trinajstić information content (AvgIpc) is 3.29. The first kappa shape index (κ1) is 17.3. The van der Waals surface area contributed by atoms with Crippen molar-refractivity contribution in [1.82, 2.24) is 9.78 Å². The van der Waals surface area contributed by atoms with Crippen molar-refractivity contribution in [2.24, 2.45) is 11.7 Å². The molecule has 0 bridgehead atoms. The zero-order valence-corrected chi connectivity index (χ0v) is 16.1. The molecule has 0 saturated heterocycles. The Morgan fingerprint density at radius 1 is 1.00 bits per heavy atom. The maximum atomic E-state index is 6.79. The van der Waals surface area contributed by atoms with Crippen LogP contribution in [0, 0.1) is 5.92 Å². The summed E-state index contributed by atoms with van der Waals surface area (Å²) in [6.45, 7) is 6.62. The topological polar surface area (TPSA) is 43.8 Å². The summed E-state index contributed by atoms with van der Waals surface area (Å²) in [5.41, 5.74) is 11.4. The van der Waals surface area contributed by atoms with Crippen LogP contribution in [-0.4, -0.2) is 9.78 Å². The van der Waals surface area contributed by atoms with Crippen LogP contribution in [0.3, 0.4) is 0 Å². The Morgan fingerprint density at radius 2 is 1.69 bits per heavy atom. The van der Waals surface area contributed by atoms with Crippen molar-refractivity contribution in [2.45, 2.75) is 58.0 Å². The smallest absolute Gasteiger partial charge is 0.101 e. The lowest BCUT2D eigenvalue weighted by Gasteiger charge is -2.22. The monoisotopic (exact) mass is 347 g/mol. The van der Waals surface area contributed by atoms with Crippen LogP contribution in [0.25, 0.3) is 22.2 Å². The zero-order chi connectivity index (χ0) is 18.3. The fraction of sp³-hybridized carbons (Fsp3) is 0.435. The van der Waals surface area contributed by atoms with Gasteiger partial charge in [0.1, 0.15) is 5.69 Å². The van der Waals surface area contributed by atoms with Gasteiger partial charge in [0, 0.05) is 17.0 Å². The van der Waals surface area contributed by atoms with Crippen LogP contribution in [0.4, 0.5) is 0 Å². The van der Waals surface area contributed by atoms with Crippen LogP contribution >= 0.6 is 0 Å². The predicted molar refractivity (Wildman–Crippen MR) is 109 cm³/mol. The van der Waals surface area contributed by atoms with Gasteiger partial charge in [0.05, 0.1) is 11.1 Å². The predicted octanol–water partition coefficient (Wildman–Crippen LogP) is 5.65. The molecule has 2 aromatic carbocycles. The quantitative estimate of drug-likeness (QED) is 0.665. The Morgan fingerprint density at radius 3 is 2.35 bits per heavy atom. The number of aromatic nitrogens is 2. The van der Waals surface area contributed by atoms with Crippen molar-refractivity contribution in [3.05, 3.63) is 54.1 Å². The molecule has 3 heteroatoms. The molecule has 2 N–H and O–H groups in total. The summed E-state index contributed by atoms with van der Waals surface area (Å²) in [6.07, 6.45) is 5.10. The van der Waals surface area contributed by atoms with E-state index in [1.165, 1.54) is 42.1 Å². The number of benzene rings is 2. The highest BCUT2D eigenvalue weighted by Crippen LogP contribution is 2.40. The molecule has 4 rings (SSSR count). The second-order valence-corrected chi connectivity index (χ2v) is 8.61. The minimum atomic E-state index is -0.0820. The minimum absolute atomic E-state index is 0.0820. The van der Waals surface area contributed by atoms with Crippen molar-refractivity contribution >= 4 is 10.9 Å². The van der Waals surface area contributed by atoms with Gasteiger partial charge in [-0.2, -0.15) is 5.10 Å². The van der Waals surface area contributed by atoms with Gasteiger partial charge in [-0.3, -0.25) is 4.68 Å². The molecule has 0 amide bonds. The van der Waals surface area contributed by atoms with Crippen molar-refractivity contribution in [3.63, 3.8) is 0 Å². The van der Waals surface area contributed by atoms with Gasteiger partial charge in [0.15, 0.2) is 0 Å². The second-order valence-electron chi connectivity index (χ2n) is 8.61. The molecule has 0 radical (unpaired) electrons. The summed E-state index contributed by atoms with van der Waals surface area (Å²) in [5.74, 6) is 0.585. The van der Waals surface area contributed by atoms with Crippen LogP contribution in [-0.2, 0) is 5.54 Å². The molecule has 1 aliphatic rings. The summed E-state index contributed by atoms with van der Waals surface area (Å²) in [6, 6.07) is 17.1. The van der Waals surface area contributed by atoms with E-state index >= 15 is 0 Å². The first-order valence-corrected chi connectivity index (χ1v) is 9.80. The van der Waals surface area contributed by atoms with E-state index in [2.05, 4.69) is 74.0 Å². The first-order valence-electron chi connectivity index (χ1n) is 9.80. The molecule has 3 nitrogen and oxygen atoms in total. The number of hydrogen-bond donors (Lipinski definition) is 1. The van der Waals surface area contributed by atoms with Gasteiger partial charge in [-0.15, -0.1) is 0 Å². The van der Waals surface area contributed by atoms with E-state index in [1.807, 2.05) is 0 Å². The molecule has 1 unspecified atom stereocenters. The maximum absolute atomic E-state index is 6.79. The number of nitrogens with zero attached hydrogens (tertiary/aromatic N) is 2. The largest absolute Gasteiger partial charge is 0.324 e. The molecule has 1 saturated carbocycles. The van der Waals surface area contributed by atoms with E-state index in [4.69, 9.17) is 10.8 Å². The van der Waals surface area contributed by atoms with Crippen LogP contribution < -0.4 is 5.73 Å². The molecule has 1 fully saturated rings. The molecule has 0 aliphatic heterocycles. The molecule has 136 valence electrons. The third-order valence-electron chi connectivity index (χ3n) is 5.69. The Hall–Kier alpha value is -2.13. The van der Waals surface area contributed by atoms with Gasteiger partial charge in [0.2, 0.25) is 0 Å².